The van der Waals surface area contributed by atoms with Crippen LogP contribution in [0.4, 0.5) is 0 Å². The lowest BCUT2D eigenvalue weighted by atomic mass is 10.3. The highest BCUT2D eigenvalue weighted by atomic mass is 16.5. The number of pyridine rings is 1. The minimum absolute atomic E-state index is 0.283. The van der Waals surface area contributed by atoms with Crippen LogP contribution in [0.15, 0.2) is 24.5 Å². The van der Waals surface area contributed by atoms with Crippen molar-refractivity contribution in [3.05, 3.63) is 30.1 Å². The molecule has 0 radical (unpaired) electrons. The van der Waals surface area contributed by atoms with Gasteiger partial charge in [0.05, 0.1) is 0 Å². The Morgan fingerprint density at radius 2 is 2.55 bits per heavy atom. The van der Waals surface area contributed by atoms with E-state index in [0.29, 0.717) is 6.47 Å². The Morgan fingerprint density at radius 3 is 3.18 bits per heavy atom. The van der Waals surface area contributed by atoms with Crippen molar-refractivity contribution in [3.8, 4) is 0 Å². The maximum atomic E-state index is 9.83. The third-order valence-electron chi connectivity index (χ3n) is 1.30. The smallest absolute Gasteiger partial charge is 0.297 e. The largest absolute Gasteiger partial charge is 0.407 e. The Morgan fingerprint density at radius 1 is 1.73 bits per heavy atom. The van der Waals surface area contributed by atoms with E-state index in [0.717, 1.165) is 5.56 Å². The van der Waals surface area contributed by atoms with Crippen LogP contribution in [0, 0.1) is 6.92 Å². The molecule has 0 saturated heterocycles. The average molecular weight is 152 g/mol. The number of nitrogens with zero attached hydrogens (tertiary/aromatic N) is 1. The first-order valence-corrected chi connectivity index (χ1v) is 3.34. The molecule has 3 heteroatoms. The summed E-state index contributed by atoms with van der Waals surface area (Å²) in [5, 5.41) is 0. The van der Waals surface area contributed by atoms with Crippen molar-refractivity contribution in [2.24, 2.45) is 0 Å². The van der Waals surface area contributed by atoms with Gasteiger partial charge in [-0.05, 0) is 13.0 Å². The summed E-state index contributed by atoms with van der Waals surface area (Å²) < 4.78 is 6.35. The van der Waals surface area contributed by atoms with Gasteiger partial charge in [0.25, 0.3) is 13.2 Å². The number of aromatic nitrogens is 1. The van der Waals surface area contributed by atoms with Crippen LogP contribution in [0.3, 0.4) is 0 Å². The zero-order chi connectivity index (χ0) is 8.10. The van der Waals surface area contributed by atoms with E-state index < -0.39 is 0 Å². The first-order chi connectivity index (χ1) is 5.33. The molecular weight excluding hydrogens is 142 g/mol. The second-order valence-electron chi connectivity index (χ2n) is 2.29. The topological polar surface area (TPSA) is 30.2 Å². The van der Waals surface area contributed by atoms with Crippen LogP contribution in [0.1, 0.15) is 5.56 Å². The van der Waals surface area contributed by atoms with Crippen LogP contribution < -0.4 is 4.57 Å². The fraction of sp³-hybridized carbons (Fsp3) is 0.250. The Balaban J connectivity index is 2.63. The molecule has 1 heterocycles. The Hall–Kier alpha value is -1.38. The monoisotopic (exact) mass is 152 g/mol. The molecule has 0 saturated carbocycles. The predicted octanol–water partition coefficient (Wildman–Crippen LogP) is 0.413. The molecule has 1 aromatic heterocycles. The molecule has 1 rings (SSSR count). The van der Waals surface area contributed by atoms with E-state index in [9.17, 15) is 4.79 Å². The second kappa shape index (κ2) is 3.71. The van der Waals surface area contributed by atoms with Crippen LogP contribution >= 0.6 is 0 Å². The van der Waals surface area contributed by atoms with Gasteiger partial charge >= 0.3 is 0 Å². The maximum Gasteiger partial charge on any atom is 0.297 e. The first-order valence-electron chi connectivity index (χ1n) is 3.34. The SMILES string of the molecule is Cc1ccc[n+](COC=O)c1. The minimum Gasteiger partial charge on any atom is -0.407 e. The van der Waals surface area contributed by atoms with Gasteiger partial charge in [-0.25, -0.2) is 0 Å². The molecule has 3 nitrogen and oxygen atoms in total. The molecule has 0 aliphatic carbocycles. The van der Waals surface area contributed by atoms with Gasteiger partial charge in [-0.3, -0.25) is 4.79 Å². The molecule has 0 atom stereocenters. The van der Waals surface area contributed by atoms with Crippen LogP contribution in [-0.2, 0) is 16.3 Å². The van der Waals surface area contributed by atoms with Crippen molar-refractivity contribution in [2.45, 2.75) is 13.7 Å². The van der Waals surface area contributed by atoms with Gasteiger partial charge in [-0.1, -0.05) is 0 Å². The average Bonchev–Trinajstić information content (AvgIpc) is 2.01. The van der Waals surface area contributed by atoms with Crippen molar-refractivity contribution in [1.29, 1.82) is 0 Å². The van der Waals surface area contributed by atoms with E-state index in [-0.39, 0.29) is 6.73 Å². The molecule has 0 aromatic carbocycles. The number of ether oxygens (including phenoxy) is 1. The fourth-order valence-electron chi connectivity index (χ4n) is 0.850. The Bertz CT molecular complexity index is 248. The molecule has 0 bridgehead atoms. The van der Waals surface area contributed by atoms with Crippen molar-refractivity contribution < 1.29 is 14.1 Å². The number of rotatable bonds is 3. The van der Waals surface area contributed by atoms with Crippen molar-refractivity contribution in [1.82, 2.24) is 0 Å². The molecule has 11 heavy (non-hydrogen) atoms. The summed E-state index contributed by atoms with van der Waals surface area (Å²) in [5.41, 5.74) is 1.14. The summed E-state index contributed by atoms with van der Waals surface area (Å²) in [7, 11) is 0. The summed E-state index contributed by atoms with van der Waals surface area (Å²) >= 11 is 0. The van der Waals surface area contributed by atoms with Crippen molar-refractivity contribution in [2.75, 3.05) is 0 Å². The summed E-state index contributed by atoms with van der Waals surface area (Å²) in [6.45, 7) is 2.71. The molecule has 0 fully saturated rings. The molecule has 58 valence electrons. The van der Waals surface area contributed by atoms with Crippen molar-refractivity contribution >= 4 is 6.47 Å². The highest BCUT2D eigenvalue weighted by Gasteiger charge is 1.97. The molecular formula is C8H10NO2+. The minimum atomic E-state index is 0.283. The maximum absolute atomic E-state index is 9.83. The van der Waals surface area contributed by atoms with Crippen LogP contribution in [0.5, 0.6) is 0 Å². The van der Waals surface area contributed by atoms with Crippen LogP contribution in [-0.4, -0.2) is 6.47 Å². The lowest BCUT2D eigenvalue weighted by Crippen LogP contribution is -2.34. The number of carbonyl (C=O) groups is 1. The summed E-state index contributed by atoms with van der Waals surface area (Å²) in [4.78, 5) is 9.83. The van der Waals surface area contributed by atoms with Gasteiger partial charge in [0.2, 0.25) is 0 Å². The van der Waals surface area contributed by atoms with Crippen LogP contribution in [0.25, 0.3) is 0 Å². The molecule has 1 aromatic rings. The zero-order valence-electron chi connectivity index (χ0n) is 6.36. The Labute approximate surface area is 65.2 Å². The molecule has 0 N–H and O–H groups in total. The van der Waals surface area contributed by atoms with E-state index >= 15 is 0 Å². The second-order valence-corrected chi connectivity index (χ2v) is 2.29. The van der Waals surface area contributed by atoms with Gasteiger partial charge < -0.3 is 4.74 Å². The zero-order valence-corrected chi connectivity index (χ0v) is 6.36. The lowest BCUT2D eigenvalue weighted by molar-refractivity contribution is -0.727. The van der Waals surface area contributed by atoms with Gasteiger partial charge in [0, 0.05) is 11.6 Å². The summed E-state index contributed by atoms with van der Waals surface area (Å²) in [6.07, 6.45) is 3.75. The van der Waals surface area contributed by atoms with Gasteiger partial charge in [-0.2, -0.15) is 4.57 Å². The van der Waals surface area contributed by atoms with Crippen LogP contribution in [0.2, 0.25) is 0 Å². The normalized spacial score (nSPS) is 9.18. The van der Waals surface area contributed by atoms with E-state index in [1.165, 1.54) is 0 Å². The molecule has 0 unspecified atom stereocenters. The van der Waals surface area contributed by atoms with Gasteiger partial charge in [-0.15, -0.1) is 0 Å². The summed E-state index contributed by atoms with van der Waals surface area (Å²) in [5.74, 6) is 0. The number of hydrogen-bond donors (Lipinski definition) is 0. The number of hydrogen-bond acceptors (Lipinski definition) is 2. The van der Waals surface area contributed by atoms with Gasteiger partial charge in [0.1, 0.15) is 0 Å². The fourth-order valence-corrected chi connectivity index (χ4v) is 0.850. The standard InChI is InChI=1S/C8H10NO2/c1-8-3-2-4-9(5-8)6-11-7-10/h2-5,7H,6H2,1H3/q+1. The quantitative estimate of drug-likeness (QED) is 0.464. The predicted molar refractivity (Wildman–Crippen MR) is 38.5 cm³/mol. The van der Waals surface area contributed by atoms with E-state index in [1.54, 1.807) is 4.57 Å². The Kier molecular flexibility index (Phi) is 2.60. The number of aryl methyl sites for hydroxylation is 1. The highest BCUT2D eigenvalue weighted by molar-refractivity contribution is 5.36. The molecule has 0 aliphatic heterocycles. The first kappa shape index (κ1) is 7.72. The molecule has 0 spiro atoms. The third-order valence-corrected chi connectivity index (χ3v) is 1.30. The van der Waals surface area contributed by atoms with E-state index in [2.05, 4.69) is 4.74 Å². The number of carbonyl (C=O) groups excluding carboxylic acids is 1. The molecule has 0 aliphatic rings. The van der Waals surface area contributed by atoms with E-state index in [1.807, 2.05) is 31.5 Å². The molecule has 0 amide bonds. The summed E-state index contributed by atoms with van der Waals surface area (Å²) in [6, 6.07) is 3.89. The lowest BCUT2D eigenvalue weighted by Gasteiger charge is -1.93. The highest BCUT2D eigenvalue weighted by Crippen LogP contribution is 1.88. The van der Waals surface area contributed by atoms with E-state index in [4.69, 9.17) is 0 Å². The third kappa shape index (κ3) is 2.37. The van der Waals surface area contributed by atoms with Gasteiger partial charge in [0.15, 0.2) is 12.4 Å². The van der Waals surface area contributed by atoms with Crippen molar-refractivity contribution in [3.63, 3.8) is 0 Å².